The number of nitrogens with one attached hydrogen (secondary N) is 1. The summed E-state index contributed by atoms with van der Waals surface area (Å²) in [5, 5.41) is 3.44. The molecule has 1 N–H and O–H groups in total. The second-order valence-electron chi connectivity index (χ2n) is 5.27. The Bertz CT molecular complexity index is 432. The molecule has 1 aliphatic rings. The van der Waals surface area contributed by atoms with E-state index in [1.54, 1.807) is 21.3 Å². The van der Waals surface area contributed by atoms with Crippen molar-refractivity contribution in [2.45, 2.75) is 19.4 Å². The standard InChI is InChI=1S/C16H26N2O3/c1-12(18-8-5-6-17-7-9-18)13-10-14(19-2)16(21-4)15(11-13)20-3/h10-12,17H,5-9H2,1-4H3. The minimum Gasteiger partial charge on any atom is -0.493 e. The Morgan fingerprint density at radius 1 is 1.00 bits per heavy atom. The summed E-state index contributed by atoms with van der Waals surface area (Å²) in [6, 6.07) is 4.41. The normalized spacial score (nSPS) is 17.9. The molecule has 0 amide bonds. The molecule has 1 aliphatic heterocycles. The fourth-order valence-electron chi connectivity index (χ4n) is 2.81. The summed E-state index contributed by atoms with van der Waals surface area (Å²) >= 11 is 0. The van der Waals surface area contributed by atoms with Gasteiger partial charge in [0.1, 0.15) is 0 Å². The number of rotatable bonds is 5. The Labute approximate surface area is 127 Å². The topological polar surface area (TPSA) is 43.0 Å². The van der Waals surface area contributed by atoms with Gasteiger partial charge in [-0.15, -0.1) is 0 Å². The Kier molecular flexibility index (Phi) is 5.70. The first-order chi connectivity index (χ1) is 10.2. The lowest BCUT2D eigenvalue weighted by Gasteiger charge is -2.28. The van der Waals surface area contributed by atoms with Crippen molar-refractivity contribution >= 4 is 0 Å². The first-order valence-corrected chi connectivity index (χ1v) is 7.46. The molecule has 2 rings (SSSR count). The summed E-state index contributed by atoms with van der Waals surface area (Å²) in [6.45, 7) is 6.52. The van der Waals surface area contributed by atoms with Gasteiger partial charge in [-0.2, -0.15) is 0 Å². The summed E-state index contributed by atoms with van der Waals surface area (Å²) in [5.74, 6) is 2.08. The van der Waals surface area contributed by atoms with E-state index in [4.69, 9.17) is 14.2 Å². The van der Waals surface area contributed by atoms with Gasteiger partial charge in [-0.1, -0.05) is 0 Å². The summed E-state index contributed by atoms with van der Waals surface area (Å²) in [5.41, 5.74) is 1.19. The van der Waals surface area contributed by atoms with Crippen LogP contribution in [-0.4, -0.2) is 52.4 Å². The molecule has 0 saturated carbocycles. The zero-order valence-electron chi connectivity index (χ0n) is 13.4. The third-order valence-electron chi connectivity index (χ3n) is 4.09. The number of ether oxygens (including phenoxy) is 3. The Morgan fingerprint density at radius 2 is 1.67 bits per heavy atom. The smallest absolute Gasteiger partial charge is 0.203 e. The van der Waals surface area contributed by atoms with Crippen LogP contribution < -0.4 is 19.5 Å². The van der Waals surface area contributed by atoms with E-state index in [0.717, 1.165) is 26.2 Å². The van der Waals surface area contributed by atoms with E-state index in [1.807, 2.05) is 12.1 Å². The molecule has 0 radical (unpaired) electrons. The van der Waals surface area contributed by atoms with Crippen molar-refractivity contribution in [1.82, 2.24) is 10.2 Å². The van der Waals surface area contributed by atoms with E-state index in [2.05, 4.69) is 17.1 Å². The second kappa shape index (κ2) is 7.52. The molecule has 1 atom stereocenters. The van der Waals surface area contributed by atoms with Gasteiger partial charge in [0.15, 0.2) is 11.5 Å². The molecule has 1 aromatic carbocycles. The minimum absolute atomic E-state index is 0.318. The van der Waals surface area contributed by atoms with Crippen molar-refractivity contribution in [1.29, 1.82) is 0 Å². The molecule has 21 heavy (non-hydrogen) atoms. The molecular formula is C16H26N2O3. The highest BCUT2D eigenvalue weighted by Crippen LogP contribution is 2.40. The predicted octanol–water partition coefficient (Wildman–Crippen LogP) is 2.07. The molecule has 118 valence electrons. The summed E-state index contributed by atoms with van der Waals surface area (Å²) in [7, 11) is 4.94. The molecule has 0 bridgehead atoms. The average molecular weight is 294 g/mol. The van der Waals surface area contributed by atoms with Gasteiger partial charge in [0.25, 0.3) is 0 Å². The van der Waals surface area contributed by atoms with Crippen molar-refractivity contribution in [2.24, 2.45) is 0 Å². The van der Waals surface area contributed by atoms with E-state index >= 15 is 0 Å². The molecule has 1 unspecified atom stereocenters. The van der Waals surface area contributed by atoms with Crippen molar-refractivity contribution in [2.75, 3.05) is 47.5 Å². The zero-order valence-corrected chi connectivity index (χ0v) is 13.4. The quantitative estimate of drug-likeness (QED) is 0.900. The van der Waals surface area contributed by atoms with E-state index in [0.29, 0.717) is 23.3 Å². The van der Waals surface area contributed by atoms with Crippen molar-refractivity contribution in [3.05, 3.63) is 17.7 Å². The Hall–Kier alpha value is -1.46. The van der Waals surface area contributed by atoms with Gasteiger partial charge >= 0.3 is 0 Å². The van der Waals surface area contributed by atoms with Crippen LogP contribution in [0.3, 0.4) is 0 Å². The van der Waals surface area contributed by atoms with Crippen LogP contribution in [0.25, 0.3) is 0 Å². The van der Waals surface area contributed by atoms with Gasteiger partial charge in [0, 0.05) is 19.1 Å². The minimum atomic E-state index is 0.318. The van der Waals surface area contributed by atoms with Crippen molar-refractivity contribution in [3.63, 3.8) is 0 Å². The van der Waals surface area contributed by atoms with E-state index in [9.17, 15) is 0 Å². The van der Waals surface area contributed by atoms with Gasteiger partial charge in [-0.05, 0) is 44.1 Å². The monoisotopic (exact) mass is 294 g/mol. The third kappa shape index (κ3) is 3.60. The number of nitrogens with zero attached hydrogens (tertiary/aromatic N) is 1. The number of hydrogen-bond acceptors (Lipinski definition) is 5. The molecule has 0 aromatic heterocycles. The molecule has 1 saturated heterocycles. The van der Waals surface area contributed by atoms with E-state index < -0.39 is 0 Å². The lowest BCUT2D eigenvalue weighted by Crippen LogP contribution is -2.30. The molecule has 1 heterocycles. The zero-order chi connectivity index (χ0) is 15.2. The fourth-order valence-corrected chi connectivity index (χ4v) is 2.81. The van der Waals surface area contributed by atoms with Crippen molar-refractivity contribution < 1.29 is 14.2 Å². The van der Waals surface area contributed by atoms with Crippen molar-refractivity contribution in [3.8, 4) is 17.2 Å². The van der Waals surface area contributed by atoms with Crippen LogP contribution in [0.1, 0.15) is 24.9 Å². The second-order valence-corrected chi connectivity index (χ2v) is 5.27. The van der Waals surface area contributed by atoms with E-state index in [1.165, 1.54) is 12.0 Å². The number of methoxy groups -OCH3 is 3. The maximum Gasteiger partial charge on any atom is 0.203 e. The van der Waals surface area contributed by atoms with Crippen LogP contribution in [0.2, 0.25) is 0 Å². The van der Waals surface area contributed by atoms with Gasteiger partial charge in [-0.3, -0.25) is 4.90 Å². The van der Waals surface area contributed by atoms with Crippen LogP contribution in [0.5, 0.6) is 17.2 Å². The van der Waals surface area contributed by atoms with Crippen LogP contribution in [-0.2, 0) is 0 Å². The largest absolute Gasteiger partial charge is 0.493 e. The summed E-state index contributed by atoms with van der Waals surface area (Å²) in [4.78, 5) is 2.49. The van der Waals surface area contributed by atoms with Gasteiger partial charge < -0.3 is 19.5 Å². The lowest BCUT2D eigenvalue weighted by molar-refractivity contribution is 0.224. The Morgan fingerprint density at radius 3 is 2.24 bits per heavy atom. The summed E-state index contributed by atoms with van der Waals surface area (Å²) in [6.07, 6.45) is 1.18. The van der Waals surface area contributed by atoms with E-state index in [-0.39, 0.29) is 0 Å². The molecule has 1 aromatic rings. The first kappa shape index (κ1) is 15.9. The molecule has 1 fully saturated rings. The molecular weight excluding hydrogens is 268 g/mol. The van der Waals surface area contributed by atoms with Gasteiger partial charge in [0.2, 0.25) is 5.75 Å². The summed E-state index contributed by atoms with van der Waals surface area (Å²) < 4.78 is 16.3. The fraction of sp³-hybridized carbons (Fsp3) is 0.625. The third-order valence-corrected chi connectivity index (χ3v) is 4.09. The predicted molar refractivity (Wildman–Crippen MR) is 83.6 cm³/mol. The molecule has 0 spiro atoms. The number of benzene rings is 1. The SMILES string of the molecule is COc1cc(C(C)N2CCCNCC2)cc(OC)c1OC. The van der Waals surface area contributed by atoms with Crippen LogP contribution in [0.15, 0.2) is 12.1 Å². The molecule has 0 aliphatic carbocycles. The highest BCUT2D eigenvalue weighted by atomic mass is 16.5. The highest BCUT2D eigenvalue weighted by molar-refractivity contribution is 5.54. The maximum atomic E-state index is 5.45. The highest BCUT2D eigenvalue weighted by Gasteiger charge is 2.21. The molecule has 5 heteroatoms. The van der Waals surface area contributed by atoms with Crippen LogP contribution in [0, 0.1) is 0 Å². The van der Waals surface area contributed by atoms with Gasteiger partial charge in [-0.25, -0.2) is 0 Å². The number of hydrogen-bond donors (Lipinski definition) is 1. The Balaban J connectivity index is 2.29. The van der Waals surface area contributed by atoms with Crippen LogP contribution >= 0.6 is 0 Å². The van der Waals surface area contributed by atoms with Gasteiger partial charge in [0.05, 0.1) is 21.3 Å². The lowest BCUT2D eigenvalue weighted by atomic mass is 10.0. The van der Waals surface area contributed by atoms with Crippen LogP contribution in [0.4, 0.5) is 0 Å². The average Bonchev–Trinajstić information content (AvgIpc) is 2.81. The molecule has 5 nitrogen and oxygen atoms in total. The maximum absolute atomic E-state index is 5.45. The first-order valence-electron chi connectivity index (χ1n) is 7.46.